The second-order valence-electron chi connectivity index (χ2n) is 8.24. The number of nitrogens with zero attached hydrogens (tertiary/aromatic N) is 2. The molecule has 1 aromatic rings. The van der Waals surface area contributed by atoms with Crippen LogP contribution in [-0.4, -0.2) is 79.6 Å². The number of ether oxygens (including phenoxy) is 1. The Morgan fingerprint density at radius 2 is 1.78 bits per heavy atom. The van der Waals surface area contributed by atoms with Crippen molar-refractivity contribution in [2.75, 3.05) is 45.6 Å². The third-order valence-electron chi connectivity index (χ3n) is 4.81. The summed E-state index contributed by atoms with van der Waals surface area (Å²) in [6.07, 6.45) is -1.13. The van der Waals surface area contributed by atoms with Crippen LogP contribution in [0.25, 0.3) is 0 Å². The Labute approximate surface area is 162 Å². The molecule has 0 amide bonds. The average Bonchev–Trinajstić information content (AvgIpc) is 2.54. The van der Waals surface area contributed by atoms with Crippen molar-refractivity contribution in [2.24, 2.45) is 0 Å². The summed E-state index contributed by atoms with van der Waals surface area (Å²) in [5.41, 5.74) is 2.41. The third kappa shape index (κ3) is 7.04. The van der Waals surface area contributed by atoms with Crippen LogP contribution in [0, 0.1) is 0 Å². The summed E-state index contributed by atoms with van der Waals surface area (Å²) in [6, 6.07) is 6.31. The molecule has 154 valence electrons. The molecule has 1 aliphatic rings. The Bertz CT molecular complexity index is 722. The monoisotopic (exact) mass is 399 g/mol. The van der Waals surface area contributed by atoms with Gasteiger partial charge in [-0.2, -0.15) is 0 Å². The van der Waals surface area contributed by atoms with Gasteiger partial charge >= 0.3 is 0 Å². The maximum Gasteiger partial charge on any atom is 0.122 e. The van der Waals surface area contributed by atoms with Crippen molar-refractivity contribution in [1.82, 2.24) is 9.80 Å². The van der Waals surface area contributed by atoms with Crippen LogP contribution in [-0.2, 0) is 22.1 Å². The number of rotatable bonds is 7. The van der Waals surface area contributed by atoms with Gasteiger partial charge in [0.05, 0.1) is 29.1 Å². The summed E-state index contributed by atoms with van der Waals surface area (Å²) in [7, 11) is -2.70. The van der Waals surface area contributed by atoms with Gasteiger partial charge in [0.2, 0.25) is 0 Å². The highest BCUT2D eigenvalue weighted by molar-refractivity contribution is 7.85. The first-order valence-corrected chi connectivity index (χ1v) is 10.8. The number of methoxy groups -OCH3 is 1. The number of aliphatic hydroxyl groups is 1. The topological polar surface area (TPSA) is 93.1 Å². The minimum atomic E-state index is -4.39. The molecule has 0 bridgehead atoms. The van der Waals surface area contributed by atoms with Crippen molar-refractivity contribution >= 4 is 10.1 Å². The summed E-state index contributed by atoms with van der Waals surface area (Å²) < 4.78 is 37.7. The van der Waals surface area contributed by atoms with Crippen LogP contribution in [0.3, 0.4) is 0 Å². The summed E-state index contributed by atoms with van der Waals surface area (Å²) in [4.78, 5) is 4.34. The maximum atomic E-state index is 10.7. The van der Waals surface area contributed by atoms with Crippen molar-refractivity contribution in [1.29, 1.82) is 0 Å². The van der Waals surface area contributed by atoms with Gasteiger partial charge in [0.15, 0.2) is 0 Å². The van der Waals surface area contributed by atoms with Gasteiger partial charge in [-0.15, -0.1) is 0 Å². The van der Waals surface area contributed by atoms with E-state index >= 15 is 0 Å². The second-order valence-corrected chi connectivity index (χ2v) is 9.69. The molecule has 0 radical (unpaired) electrons. The van der Waals surface area contributed by atoms with E-state index in [1.54, 1.807) is 7.11 Å². The van der Waals surface area contributed by atoms with E-state index in [2.05, 4.69) is 37.8 Å². The zero-order valence-corrected chi connectivity index (χ0v) is 17.5. The standard InChI is InChI=1S/C19H32N2O5S/c1-19(2,3)17-11-15(5-6-18(17)26-4)12-20-7-9-21(10-8-20)13-16(22)14-27(23,24)25/h5-6,11,16,22H,7-10,12-14H2,1-4H3,(H,23,24,25)/p-1. The van der Waals surface area contributed by atoms with E-state index in [0.717, 1.165) is 38.5 Å². The smallest absolute Gasteiger partial charge is 0.122 e. The van der Waals surface area contributed by atoms with Gasteiger partial charge < -0.3 is 14.4 Å². The van der Waals surface area contributed by atoms with Gasteiger partial charge in [0.1, 0.15) is 5.75 Å². The number of aliphatic hydroxyl groups excluding tert-OH is 1. The number of β-amino-alcohol motifs (C(OH)–C–C–N with tert-alkyl or cyclic N) is 1. The molecule has 1 saturated heterocycles. The lowest BCUT2D eigenvalue weighted by molar-refractivity contribution is 0.0785. The Hall–Kier alpha value is -1.19. The second kappa shape index (κ2) is 8.87. The van der Waals surface area contributed by atoms with E-state index in [4.69, 9.17) is 4.74 Å². The van der Waals surface area contributed by atoms with Crippen LogP contribution in [0.4, 0.5) is 0 Å². The van der Waals surface area contributed by atoms with E-state index in [-0.39, 0.29) is 12.0 Å². The fraction of sp³-hybridized carbons (Fsp3) is 0.684. The minimum Gasteiger partial charge on any atom is -0.748 e. The van der Waals surface area contributed by atoms with Crippen molar-refractivity contribution in [3.05, 3.63) is 29.3 Å². The van der Waals surface area contributed by atoms with Gasteiger partial charge in [0, 0.05) is 39.3 Å². The van der Waals surface area contributed by atoms with Crippen molar-refractivity contribution in [3.8, 4) is 5.75 Å². The summed E-state index contributed by atoms with van der Waals surface area (Å²) in [5, 5.41) is 9.75. The molecule has 0 spiro atoms. The molecule has 0 aliphatic carbocycles. The lowest BCUT2D eigenvalue weighted by atomic mass is 9.85. The summed E-state index contributed by atoms with van der Waals surface area (Å²) in [6.45, 7) is 10.7. The molecule has 7 nitrogen and oxygen atoms in total. The molecule has 0 saturated carbocycles. The minimum absolute atomic E-state index is 0.00190. The van der Waals surface area contributed by atoms with Crippen molar-refractivity contribution in [3.63, 3.8) is 0 Å². The van der Waals surface area contributed by atoms with Gasteiger partial charge in [-0.25, -0.2) is 8.42 Å². The van der Waals surface area contributed by atoms with Crippen LogP contribution in [0.2, 0.25) is 0 Å². The normalized spacial score (nSPS) is 18.4. The molecule has 0 aromatic heterocycles. The maximum absolute atomic E-state index is 10.7. The van der Waals surface area contributed by atoms with Crippen LogP contribution in [0.15, 0.2) is 18.2 Å². The quantitative estimate of drug-likeness (QED) is 0.684. The van der Waals surface area contributed by atoms with Gasteiger partial charge in [-0.1, -0.05) is 32.9 Å². The van der Waals surface area contributed by atoms with E-state index in [0.29, 0.717) is 0 Å². The Morgan fingerprint density at radius 3 is 2.30 bits per heavy atom. The summed E-state index contributed by atoms with van der Waals surface area (Å²) >= 11 is 0. The molecule has 1 aliphatic heterocycles. The van der Waals surface area contributed by atoms with Crippen LogP contribution in [0.1, 0.15) is 31.9 Å². The van der Waals surface area contributed by atoms with Crippen LogP contribution in [0.5, 0.6) is 5.75 Å². The highest BCUT2D eigenvalue weighted by Crippen LogP contribution is 2.32. The number of piperazine rings is 1. The lowest BCUT2D eigenvalue weighted by Gasteiger charge is -2.36. The molecule has 1 heterocycles. The molecular formula is C19H31N2O5S-. The zero-order valence-electron chi connectivity index (χ0n) is 16.6. The lowest BCUT2D eigenvalue weighted by Crippen LogP contribution is -2.48. The number of hydrogen-bond acceptors (Lipinski definition) is 7. The highest BCUT2D eigenvalue weighted by atomic mass is 32.2. The molecule has 1 N–H and O–H groups in total. The largest absolute Gasteiger partial charge is 0.748 e. The predicted molar refractivity (Wildman–Crippen MR) is 104 cm³/mol. The Kier molecular flexibility index (Phi) is 7.27. The predicted octanol–water partition coefficient (Wildman–Crippen LogP) is 1.02. The molecule has 1 aromatic carbocycles. The van der Waals surface area contributed by atoms with Gasteiger partial charge in [-0.3, -0.25) is 9.80 Å². The van der Waals surface area contributed by atoms with Crippen molar-refractivity contribution in [2.45, 2.75) is 38.8 Å². The fourth-order valence-corrected chi connectivity index (χ4v) is 3.99. The van der Waals surface area contributed by atoms with E-state index in [9.17, 15) is 18.1 Å². The Morgan fingerprint density at radius 1 is 1.19 bits per heavy atom. The Balaban J connectivity index is 1.90. The molecule has 27 heavy (non-hydrogen) atoms. The molecule has 1 fully saturated rings. The van der Waals surface area contributed by atoms with Crippen LogP contribution < -0.4 is 4.74 Å². The first-order valence-electron chi connectivity index (χ1n) is 9.21. The van der Waals surface area contributed by atoms with E-state index in [1.807, 2.05) is 11.0 Å². The SMILES string of the molecule is COc1ccc(CN2CCN(CC(O)CS(=O)(=O)[O-])CC2)cc1C(C)(C)C. The van der Waals surface area contributed by atoms with Gasteiger partial charge in [0.25, 0.3) is 0 Å². The van der Waals surface area contributed by atoms with Crippen molar-refractivity contribution < 1.29 is 22.8 Å². The highest BCUT2D eigenvalue weighted by Gasteiger charge is 2.22. The van der Waals surface area contributed by atoms with Gasteiger partial charge in [-0.05, 0) is 22.6 Å². The fourth-order valence-electron chi connectivity index (χ4n) is 3.41. The molecule has 1 unspecified atom stereocenters. The first-order chi connectivity index (χ1) is 12.5. The molecule has 1 atom stereocenters. The van der Waals surface area contributed by atoms with Crippen LogP contribution >= 0.6 is 0 Å². The average molecular weight is 400 g/mol. The molecule has 2 rings (SSSR count). The number of hydrogen-bond donors (Lipinski definition) is 1. The number of benzene rings is 1. The zero-order chi connectivity index (χ0) is 20.2. The first kappa shape index (κ1) is 22.1. The summed E-state index contributed by atoms with van der Waals surface area (Å²) in [5.74, 6) is 0.174. The van der Waals surface area contributed by atoms with E-state index in [1.165, 1.54) is 11.1 Å². The van der Waals surface area contributed by atoms with E-state index < -0.39 is 22.0 Å². The molecule has 8 heteroatoms. The molecular weight excluding hydrogens is 368 g/mol. The third-order valence-corrected chi connectivity index (χ3v) is 5.60.